The molecule has 3 aromatic carbocycles. The van der Waals surface area contributed by atoms with E-state index in [0.717, 1.165) is 45.2 Å². The summed E-state index contributed by atoms with van der Waals surface area (Å²) in [6, 6.07) is 30.7. The number of nitrogens with zero attached hydrogens (tertiary/aromatic N) is 2. The molecule has 31 heavy (non-hydrogen) atoms. The lowest BCUT2D eigenvalue weighted by molar-refractivity contribution is 0.130. The van der Waals surface area contributed by atoms with Crippen molar-refractivity contribution in [2.24, 2.45) is 5.16 Å². The largest absolute Gasteiger partial charge is 0.497 e. The third-order valence-corrected chi connectivity index (χ3v) is 5.29. The van der Waals surface area contributed by atoms with Crippen molar-refractivity contribution < 1.29 is 9.57 Å². The van der Waals surface area contributed by atoms with E-state index in [2.05, 4.69) is 47.0 Å². The normalized spacial score (nSPS) is 11.4. The molecule has 0 atom stereocenters. The molecule has 0 unspecified atom stereocenters. The molecule has 4 rings (SSSR count). The summed E-state index contributed by atoms with van der Waals surface area (Å²) in [7, 11) is 1.69. The molecular weight excluding hydrogens is 384 g/mol. The van der Waals surface area contributed by atoms with Gasteiger partial charge in [-0.05, 0) is 49.7 Å². The summed E-state index contributed by atoms with van der Waals surface area (Å²) >= 11 is 0. The minimum Gasteiger partial charge on any atom is -0.497 e. The quantitative estimate of drug-likeness (QED) is 0.261. The molecule has 0 aliphatic heterocycles. The van der Waals surface area contributed by atoms with E-state index >= 15 is 0 Å². The maximum absolute atomic E-state index is 5.65. The van der Waals surface area contributed by atoms with Gasteiger partial charge in [-0.1, -0.05) is 65.8 Å². The zero-order chi connectivity index (χ0) is 21.6. The van der Waals surface area contributed by atoms with Gasteiger partial charge >= 0.3 is 0 Å². The minimum absolute atomic E-state index is 0.444. The topological polar surface area (TPSA) is 35.8 Å². The number of rotatable bonds is 7. The lowest BCUT2D eigenvalue weighted by Crippen LogP contribution is -2.02. The molecule has 1 heterocycles. The first-order valence-corrected chi connectivity index (χ1v) is 10.3. The first-order valence-electron chi connectivity index (χ1n) is 10.3. The number of hydrogen-bond acceptors (Lipinski definition) is 3. The van der Waals surface area contributed by atoms with E-state index < -0.39 is 0 Å². The SMILES string of the molecule is COc1cccc(-c2cc(C(C)=NOCc3ccccc3)c(C)n2-c2ccccc2)c1. The summed E-state index contributed by atoms with van der Waals surface area (Å²) in [4.78, 5) is 5.65. The first-order chi connectivity index (χ1) is 15.2. The molecule has 4 aromatic rings. The summed E-state index contributed by atoms with van der Waals surface area (Å²) in [6.45, 7) is 4.54. The Hall–Kier alpha value is -3.79. The van der Waals surface area contributed by atoms with Gasteiger partial charge in [-0.2, -0.15) is 0 Å². The highest BCUT2D eigenvalue weighted by Gasteiger charge is 2.17. The first kappa shape index (κ1) is 20.5. The number of methoxy groups -OCH3 is 1. The van der Waals surface area contributed by atoms with Gasteiger partial charge in [-0.3, -0.25) is 0 Å². The van der Waals surface area contributed by atoms with E-state index in [4.69, 9.17) is 9.57 Å². The van der Waals surface area contributed by atoms with E-state index in [1.807, 2.05) is 67.6 Å². The second-order valence-electron chi connectivity index (χ2n) is 7.37. The highest BCUT2D eigenvalue weighted by atomic mass is 16.6. The molecule has 0 amide bonds. The Bertz CT molecular complexity index is 1180. The molecule has 0 bridgehead atoms. The standard InChI is InChI=1S/C27H26N2O2/c1-20(28-31-19-22-11-6-4-7-12-22)26-18-27(23-13-10-16-25(17-23)30-3)29(21(26)2)24-14-8-5-9-15-24/h4-18H,19H2,1-3H3. The predicted molar refractivity (Wildman–Crippen MR) is 126 cm³/mol. The Labute approximate surface area is 183 Å². The van der Waals surface area contributed by atoms with E-state index in [1.54, 1.807) is 7.11 Å². The monoisotopic (exact) mass is 410 g/mol. The summed E-state index contributed by atoms with van der Waals surface area (Å²) < 4.78 is 7.70. The van der Waals surface area contributed by atoms with Crippen molar-refractivity contribution in [1.29, 1.82) is 0 Å². The van der Waals surface area contributed by atoms with Gasteiger partial charge in [0, 0.05) is 22.5 Å². The van der Waals surface area contributed by atoms with E-state index in [1.165, 1.54) is 0 Å². The minimum atomic E-state index is 0.444. The van der Waals surface area contributed by atoms with E-state index in [0.29, 0.717) is 6.61 Å². The van der Waals surface area contributed by atoms with Crippen LogP contribution in [-0.4, -0.2) is 17.4 Å². The Morgan fingerprint density at radius 3 is 2.29 bits per heavy atom. The Balaban J connectivity index is 1.73. The van der Waals surface area contributed by atoms with Crippen LogP contribution in [0.2, 0.25) is 0 Å². The molecule has 4 heteroatoms. The lowest BCUT2D eigenvalue weighted by atomic mass is 10.1. The van der Waals surface area contributed by atoms with Crippen LogP contribution in [0.1, 0.15) is 23.7 Å². The lowest BCUT2D eigenvalue weighted by Gasteiger charge is -2.13. The molecule has 0 N–H and O–H groups in total. The molecule has 0 aliphatic rings. The number of hydrogen-bond donors (Lipinski definition) is 0. The summed E-state index contributed by atoms with van der Waals surface area (Å²) in [5.41, 5.74) is 7.35. The van der Waals surface area contributed by atoms with Crippen LogP contribution in [0.25, 0.3) is 16.9 Å². The molecule has 0 fully saturated rings. The average Bonchev–Trinajstić information content (AvgIpc) is 3.17. The van der Waals surface area contributed by atoms with Crippen LogP contribution in [0, 0.1) is 6.92 Å². The van der Waals surface area contributed by atoms with Gasteiger partial charge in [0.2, 0.25) is 0 Å². The highest BCUT2D eigenvalue weighted by molar-refractivity contribution is 6.01. The van der Waals surface area contributed by atoms with Crippen LogP contribution in [0.3, 0.4) is 0 Å². The van der Waals surface area contributed by atoms with E-state index in [-0.39, 0.29) is 0 Å². The third-order valence-electron chi connectivity index (χ3n) is 5.29. The fraction of sp³-hybridized carbons (Fsp3) is 0.148. The number of oxime groups is 1. The Kier molecular flexibility index (Phi) is 6.18. The van der Waals surface area contributed by atoms with Crippen molar-refractivity contribution in [3.8, 4) is 22.7 Å². The Morgan fingerprint density at radius 1 is 0.871 bits per heavy atom. The second kappa shape index (κ2) is 9.35. The van der Waals surface area contributed by atoms with Gasteiger partial charge < -0.3 is 14.1 Å². The van der Waals surface area contributed by atoms with Crippen LogP contribution in [0.4, 0.5) is 0 Å². The van der Waals surface area contributed by atoms with Crippen molar-refractivity contribution in [2.75, 3.05) is 7.11 Å². The van der Waals surface area contributed by atoms with Gasteiger partial charge in [0.1, 0.15) is 12.4 Å². The van der Waals surface area contributed by atoms with E-state index in [9.17, 15) is 0 Å². The number of benzene rings is 3. The summed E-state index contributed by atoms with van der Waals surface area (Å²) in [6.07, 6.45) is 0. The molecule has 4 nitrogen and oxygen atoms in total. The van der Waals surface area contributed by atoms with Gasteiger partial charge in [0.25, 0.3) is 0 Å². The molecule has 0 saturated heterocycles. The molecule has 0 saturated carbocycles. The summed E-state index contributed by atoms with van der Waals surface area (Å²) in [5, 5.41) is 4.40. The zero-order valence-electron chi connectivity index (χ0n) is 18.1. The van der Waals surface area contributed by atoms with Crippen molar-refractivity contribution >= 4 is 5.71 Å². The molecule has 1 aromatic heterocycles. The highest BCUT2D eigenvalue weighted by Crippen LogP contribution is 2.31. The fourth-order valence-corrected chi connectivity index (χ4v) is 3.70. The van der Waals surface area contributed by atoms with Gasteiger partial charge in [0.15, 0.2) is 0 Å². The maximum Gasteiger partial charge on any atom is 0.142 e. The third kappa shape index (κ3) is 4.53. The average molecular weight is 411 g/mol. The molecule has 156 valence electrons. The number of para-hydroxylation sites is 1. The molecule has 0 spiro atoms. The van der Waals surface area contributed by atoms with Crippen molar-refractivity contribution in [1.82, 2.24) is 4.57 Å². The van der Waals surface area contributed by atoms with Crippen molar-refractivity contribution in [2.45, 2.75) is 20.5 Å². The number of aromatic nitrogens is 1. The molecular formula is C27H26N2O2. The van der Waals surface area contributed by atoms with Gasteiger partial charge in [-0.25, -0.2) is 0 Å². The van der Waals surface area contributed by atoms with Crippen LogP contribution < -0.4 is 4.74 Å². The molecule has 0 radical (unpaired) electrons. The zero-order valence-corrected chi connectivity index (χ0v) is 18.1. The van der Waals surface area contributed by atoms with Crippen LogP contribution in [-0.2, 0) is 11.4 Å². The van der Waals surface area contributed by atoms with Gasteiger partial charge in [-0.15, -0.1) is 0 Å². The second-order valence-corrected chi connectivity index (χ2v) is 7.37. The summed E-state index contributed by atoms with van der Waals surface area (Å²) in [5.74, 6) is 0.828. The van der Waals surface area contributed by atoms with Crippen molar-refractivity contribution in [3.05, 3.63) is 108 Å². The van der Waals surface area contributed by atoms with Crippen molar-refractivity contribution in [3.63, 3.8) is 0 Å². The molecule has 0 aliphatic carbocycles. The Morgan fingerprint density at radius 2 is 1.58 bits per heavy atom. The predicted octanol–water partition coefficient (Wildman–Crippen LogP) is 6.40. The van der Waals surface area contributed by atoms with Crippen LogP contribution in [0.5, 0.6) is 5.75 Å². The fourth-order valence-electron chi connectivity index (χ4n) is 3.70. The van der Waals surface area contributed by atoms with Crippen LogP contribution in [0.15, 0.2) is 96.2 Å². The smallest absolute Gasteiger partial charge is 0.142 e. The maximum atomic E-state index is 5.65. The van der Waals surface area contributed by atoms with Gasteiger partial charge in [0.05, 0.1) is 18.5 Å². The number of ether oxygens (including phenoxy) is 1. The van der Waals surface area contributed by atoms with Crippen LogP contribution >= 0.6 is 0 Å².